The van der Waals surface area contributed by atoms with Crippen molar-refractivity contribution >= 4 is 11.9 Å². The zero-order chi connectivity index (χ0) is 12.2. The molecule has 0 amide bonds. The second kappa shape index (κ2) is 4.69. The highest BCUT2D eigenvalue weighted by Crippen LogP contribution is 2.22. The average Bonchev–Trinajstić information content (AvgIpc) is 2.28. The van der Waals surface area contributed by atoms with Crippen molar-refractivity contribution in [2.24, 2.45) is 5.41 Å². The predicted molar refractivity (Wildman–Crippen MR) is 53.5 cm³/mol. The molecule has 1 N–H and O–H groups in total. The van der Waals surface area contributed by atoms with Crippen LogP contribution >= 0.6 is 0 Å². The number of nitrogens with zero attached hydrogens (tertiary/aromatic N) is 2. The molecule has 1 unspecified atom stereocenters. The number of aromatic nitrogens is 2. The molecule has 0 aliphatic carbocycles. The van der Waals surface area contributed by atoms with Gasteiger partial charge in [0.1, 0.15) is 5.82 Å². The van der Waals surface area contributed by atoms with Crippen molar-refractivity contribution in [3.63, 3.8) is 0 Å². The predicted octanol–water partition coefficient (Wildman–Crippen LogP) is 0.283. The molecule has 0 fully saturated rings. The van der Waals surface area contributed by atoms with Gasteiger partial charge >= 0.3 is 11.9 Å². The van der Waals surface area contributed by atoms with E-state index in [-0.39, 0.29) is 12.2 Å². The van der Waals surface area contributed by atoms with Crippen LogP contribution in [0.25, 0.3) is 0 Å². The van der Waals surface area contributed by atoms with Gasteiger partial charge in [0.25, 0.3) is 0 Å². The molecular weight excluding hydrogens is 212 g/mol. The molecular formula is C10H12N2O4. The number of hydrogen-bond acceptors (Lipinski definition) is 5. The van der Waals surface area contributed by atoms with Crippen LogP contribution in [0, 0.1) is 5.41 Å². The molecule has 0 aromatic carbocycles. The minimum absolute atomic E-state index is 0.101. The molecule has 0 spiro atoms. The molecule has 1 atom stereocenters. The lowest BCUT2D eigenvalue weighted by atomic mass is 9.86. The zero-order valence-electron chi connectivity index (χ0n) is 9.01. The van der Waals surface area contributed by atoms with Gasteiger partial charge in [0, 0.05) is 18.8 Å². The Morgan fingerprint density at radius 1 is 1.44 bits per heavy atom. The maximum Gasteiger partial charge on any atom is 0.323 e. The molecule has 0 saturated heterocycles. The minimum Gasteiger partial charge on any atom is -0.480 e. The first kappa shape index (κ1) is 12.1. The second-order valence-electron chi connectivity index (χ2n) is 3.47. The first-order chi connectivity index (χ1) is 7.50. The Bertz CT molecular complexity index is 393. The summed E-state index contributed by atoms with van der Waals surface area (Å²) in [6.07, 6.45) is 2.87. The summed E-state index contributed by atoms with van der Waals surface area (Å²) < 4.78 is 4.47. The van der Waals surface area contributed by atoms with Gasteiger partial charge in [0.15, 0.2) is 5.41 Å². The van der Waals surface area contributed by atoms with E-state index in [0.717, 1.165) is 7.11 Å². The lowest BCUT2D eigenvalue weighted by Crippen LogP contribution is -2.39. The molecule has 86 valence electrons. The van der Waals surface area contributed by atoms with E-state index in [1.807, 2.05) is 0 Å². The maximum absolute atomic E-state index is 11.4. The van der Waals surface area contributed by atoms with Crippen LogP contribution in [0.1, 0.15) is 12.7 Å². The van der Waals surface area contributed by atoms with Crippen molar-refractivity contribution < 1.29 is 19.4 Å². The van der Waals surface area contributed by atoms with E-state index in [4.69, 9.17) is 5.11 Å². The molecule has 16 heavy (non-hydrogen) atoms. The van der Waals surface area contributed by atoms with Gasteiger partial charge in [-0.25, -0.2) is 9.97 Å². The summed E-state index contributed by atoms with van der Waals surface area (Å²) in [6, 6.07) is 1.61. The molecule has 0 bridgehead atoms. The van der Waals surface area contributed by atoms with E-state index in [0.29, 0.717) is 0 Å². The number of aliphatic carboxylic acids is 1. The Hall–Kier alpha value is -1.98. The number of esters is 1. The Morgan fingerprint density at radius 3 is 2.44 bits per heavy atom. The highest BCUT2D eigenvalue weighted by atomic mass is 16.5. The van der Waals surface area contributed by atoms with Crippen LogP contribution in [0.5, 0.6) is 0 Å². The molecule has 6 nitrogen and oxygen atoms in total. The van der Waals surface area contributed by atoms with Crippen LogP contribution in [0.4, 0.5) is 0 Å². The summed E-state index contributed by atoms with van der Waals surface area (Å²) in [5.41, 5.74) is -1.66. The third-order valence-corrected chi connectivity index (χ3v) is 2.24. The highest BCUT2D eigenvalue weighted by Gasteiger charge is 2.43. The highest BCUT2D eigenvalue weighted by molar-refractivity contribution is 5.98. The smallest absolute Gasteiger partial charge is 0.323 e. The summed E-state index contributed by atoms with van der Waals surface area (Å²) in [5, 5.41) is 9.04. The number of carboxylic acids is 1. The van der Waals surface area contributed by atoms with Crippen LogP contribution in [-0.2, 0) is 20.7 Å². The molecule has 1 aromatic heterocycles. The SMILES string of the molecule is COC(=O)C(C)(Cc1ncccn1)C(=O)O. The van der Waals surface area contributed by atoms with E-state index in [2.05, 4.69) is 14.7 Å². The van der Waals surface area contributed by atoms with Gasteiger partial charge < -0.3 is 9.84 Å². The first-order valence-electron chi connectivity index (χ1n) is 4.58. The fraction of sp³-hybridized carbons (Fsp3) is 0.400. The van der Waals surface area contributed by atoms with Gasteiger partial charge in [0.2, 0.25) is 0 Å². The zero-order valence-corrected chi connectivity index (χ0v) is 9.01. The van der Waals surface area contributed by atoms with E-state index in [1.54, 1.807) is 6.07 Å². The summed E-state index contributed by atoms with van der Waals surface area (Å²) >= 11 is 0. The lowest BCUT2D eigenvalue weighted by molar-refractivity contribution is -0.165. The molecule has 6 heteroatoms. The van der Waals surface area contributed by atoms with E-state index in [9.17, 15) is 9.59 Å². The van der Waals surface area contributed by atoms with Crippen LogP contribution in [0.15, 0.2) is 18.5 Å². The molecule has 1 heterocycles. The number of ether oxygens (including phenoxy) is 1. The fourth-order valence-electron chi connectivity index (χ4n) is 1.20. The van der Waals surface area contributed by atoms with Crippen molar-refractivity contribution in [3.05, 3.63) is 24.3 Å². The first-order valence-corrected chi connectivity index (χ1v) is 4.58. The Labute approximate surface area is 92.3 Å². The Morgan fingerprint density at radius 2 is 2.00 bits per heavy atom. The normalized spacial score (nSPS) is 13.9. The van der Waals surface area contributed by atoms with Gasteiger partial charge in [-0.1, -0.05) is 0 Å². The quantitative estimate of drug-likeness (QED) is 0.583. The number of hydrogen-bond donors (Lipinski definition) is 1. The maximum atomic E-state index is 11.4. The van der Waals surface area contributed by atoms with E-state index in [1.165, 1.54) is 19.3 Å². The summed E-state index contributed by atoms with van der Waals surface area (Å²) in [4.78, 5) is 30.3. The second-order valence-corrected chi connectivity index (χ2v) is 3.47. The van der Waals surface area contributed by atoms with Crippen molar-refractivity contribution in [2.75, 3.05) is 7.11 Å². The monoisotopic (exact) mass is 224 g/mol. The van der Waals surface area contributed by atoms with Crippen molar-refractivity contribution in [3.8, 4) is 0 Å². The fourth-order valence-corrected chi connectivity index (χ4v) is 1.20. The van der Waals surface area contributed by atoms with Crippen molar-refractivity contribution in [1.82, 2.24) is 9.97 Å². The molecule has 0 aliphatic heterocycles. The van der Waals surface area contributed by atoms with Gasteiger partial charge in [-0.15, -0.1) is 0 Å². The van der Waals surface area contributed by atoms with Crippen molar-refractivity contribution in [1.29, 1.82) is 0 Å². The van der Waals surface area contributed by atoms with Crippen LogP contribution in [-0.4, -0.2) is 34.1 Å². The Balaban J connectivity index is 2.97. The minimum atomic E-state index is -1.66. The topological polar surface area (TPSA) is 89.4 Å². The Kier molecular flexibility index (Phi) is 3.55. The third kappa shape index (κ3) is 2.33. The number of methoxy groups -OCH3 is 1. The summed E-state index contributed by atoms with van der Waals surface area (Å²) in [5.74, 6) is -1.78. The van der Waals surface area contributed by atoms with Gasteiger partial charge in [0.05, 0.1) is 7.11 Å². The van der Waals surface area contributed by atoms with Crippen LogP contribution in [0.2, 0.25) is 0 Å². The van der Waals surface area contributed by atoms with Gasteiger partial charge in [-0.05, 0) is 13.0 Å². The number of carbonyl (C=O) groups is 2. The molecule has 1 aromatic rings. The van der Waals surface area contributed by atoms with Crippen molar-refractivity contribution in [2.45, 2.75) is 13.3 Å². The number of rotatable bonds is 4. The third-order valence-electron chi connectivity index (χ3n) is 2.24. The van der Waals surface area contributed by atoms with E-state index >= 15 is 0 Å². The van der Waals surface area contributed by atoms with Crippen LogP contribution < -0.4 is 0 Å². The number of carbonyl (C=O) groups excluding carboxylic acids is 1. The molecule has 0 aliphatic rings. The molecule has 0 radical (unpaired) electrons. The van der Waals surface area contributed by atoms with Gasteiger partial charge in [-0.3, -0.25) is 9.59 Å². The van der Waals surface area contributed by atoms with Crippen LogP contribution in [0.3, 0.4) is 0 Å². The summed E-state index contributed by atoms with van der Waals surface area (Å²) in [7, 11) is 1.15. The lowest BCUT2D eigenvalue weighted by Gasteiger charge is -2.20. The molecule has 1 rings (SSSR count). The summed E-state index contributed by atoms with van der Waals surface area (Å²) in [6.45, 7) is 1.29. The van der Waals surface area contributed by atoms with Gasteiger partial charge in [-0.2, -0.15) is 0 Å². The number of carboxylic acid groups (broad SMARTS) is 1. The largest absolute Gasteiger partial charge is 0.480 e. The average molecular weight is 224 g/mol. The van der Waals surface area contributed by atoms with E-state index < -0.39 is 17.4 Å². The standard InChI is InChI=1S/C10H12N2O4/c1-10(8(13)14,9(15)16-2)6-7-11-4-3-5-12-7/h3-5H,6H2,1-2H3,(H,13,14). The molecule has 0 saturated carbocycles.